The first-order valence-electron chi connectivity index (χ1n) is 6.93. The van der Waals surface area contributed by atoms with Crippen molar-refractivity contribution in [2.24, 2.45) is 0 Å². The van der Waals surface area contributed by atoms with Crippen molar-refractivity contribution in [1.29, 1.82) is 0 Å². The normalized spacial score (nSPS) is 16.6. The van der Waals surface area contributed by atoms with Crippen LogP contribution in [0.3, 0.4) is 0 Å². The third kappa shape index (κ3) is 3.95. The van der Waals surface area contributed by atoms with Crippen LogP contribution in [-0.4, -0.2) is 50.3 Å². The number of nitrogens with one attached hydrogen (secondary N) is 1. The Bertz CT molecular complexity index is 518. The number of carbonyl (C=O) groups is 2. The van der Waals surface area contributed by atoms with Gasteiger partial charge in [-0.1, -0.05) is 18.2 Å². The van der Waals surface area contributed by atoms with E-state index in [1.165, 1.54) is 0 Å². The zero-order valence-electron chi connectivity index (χ0n) is 12.0. The highest BCUT2D eigenvalue weighted by atomic mass is 16.5. The molecule has 0 saturated carbocycles. The molecule has 1 aromatic carbocycles. The number of hydrogen-bond acceptors (Lipinski definition) is 4. The van der Waals surface area contributed by atoms with Crippen LogP contribution in [0.4, 0.5) is 5.69 Å². The first-order chi connectivity index (χ1) is 10.1. The van der Waals surface area contributed by atoms with E-state index in [-0.39, 0.29) is 24.8 Å². The Balaban J connectivity index is 2.01. The molecule has 2 N–H and O–H groups in total. The van der Waals surface area contributed by atoms with E-state index in [0.29, 0.717) is 19.7 Å². The van der Waals surface area contributed by atoms with E-state index in [0.717, 1.165) is 11.3 Å². The molecular formula is C15H20N2O4. The van der Waals surface area contributed by atoms with Crippen molar-refractivity contribution in [3.63, 3.8) is 0 Å². The van der Waals surface area contributed by atoms with Gasteiger partial charge in [0.1, 0.15) is 0 Å². The Morgan fingerprint density at radius 1 is 1.43 bits per heavy atom. The number of ether oxygens (including phenoxy) is 1. The van der Waals surface area contributed by atoms with Crippen molar-refractivity contribution < 1.29 is 19.4 Å². The minimum Gasteiger partial charge on any atom is -0.481 e. The van der Waals surface area contributed by atoms with Gasteiger partial charge in [-0.2, -0.15) is 0 Å². The molecule has 6 nitrogen and oxygen atoms in total. The van der Waals surface area contributed by atoms with E-state index in [1.54, 1.807) is 7.11 Å². The number of nitrogens with zero attached hydrogens (tertiary/aromatic N) is 1. The number of amides is 1. The van der Waals surface area contributed by atoms with Crippen LogP contribution in [0.2, 0.25) is 0 Å². The molecule has 0 radical (unpaired) electrons. The third-order valence-corrected chi connectivity index (χ3v) is 3.54. The van der Waals surface area contributed by atoms with Crippen LogP contribution in [-0.2, 0) is 14.3 Å². The molecule has 1 aliphatic heterocycles. The highest BCUT2D eigenvalue weighted by molar-refractivity contribution is 5.83. The second-order valence-corrected chi connectivity index (χ2v) is 5.08. The molecule has 6 heteroatoms. The summed E-state index contributed by atoms with van der Waals surface area (Å²) in [4.78, 5) is 24.8. The van der Waals surface area contributed by atoms with Gasteiger partial charge in [-0.05, 0) is 11.6 Å². The average Bonchev–Trinajstić information content (AvgIpc) is 2.77. The number of carboxylic acids is 1. The van der Waals surface area contributed by atoms with Crippen LogP contribution in [0, 0.1) is 0 Å². The number of fused-ring (bicyclic) bond motifs is 1. The second kappa shape index (κ2) is 7.08. The van der Waals surface area contributed by atoms with Crippen molar-refractivity contribution in [2.75, 3.05) is 38.3 Å². The summed E-state index contributed by atoms with van der Waals surface area (Å²) in [5.74, 6) is -0.968. The van der Waals surface area contributed by atoms with Crippen LogP contribution >= 0.6 is 0 Å². The molecule has 114 valence electrons. The summed E-state index contributed by atoms with van der Waals surface area (Å²) in [6.07, 6.45) is 0.0821. The minimum absolute atomic E-state index is 0.0644. The molecule has 2 rings (SSSR count). The molecule has 0 bridgehead atoms. The maximum atomic E-state index is 11.9. The van der Waals surface area contributed by atoms with Gasteiger partial charge in [-0.25, -0.2) is 0 Å². The van der Waals surface area contributed by atoms with Crippen molar-refractivity contribution >= 4 is 17.6 Å². The molecule has 1 amide bonds. The van der Waals surface area contributed by atoms with Crippen LogP contribution in [0.15, 0.2) is 24.3 Å². The molecule has 0 saturated heterocycles. The number of methoxy groups -OCH3 is 1. The van der Waals surface area contributed by atoms with Gasteiger partial charge in [0.25, 0.3) is 0 Å². The number of anilines is 1. The standard InChI is InChI=1S/C15H20N2O4/c1-21-7-6-16-14(18)10-17-9-11(8-15(19)20)12-4-2-3-5-13(12)17/h2-5,11H,6-10H2,1H3,(H,16,18)(H,19,20). The molecule has 1 heterocycles. The molecule has 21 heavy (non-hydrogen) atoms. The fourth-order valence-corrected chi connectivity index (χ4v) is 2.64. The van der Waals surface area contributed by atoms with E-state index in [2.05, 4.69) is 5.32 Å². The summed E-state index contributed by atoms with van der Waals surface area (Å²) in [6, 6.07) is 7.67. The third-order valence-electron chi connectivity index (χ3n) is 3.54. The van der Waals surface area contributed by atoms with Crippen molar-refractivity contribution in [2.45, 2.75) is 12.3 Å². The highest BCUT2D eigenvalue weighted by Gasteiger charge is 2.30. The Kier molecular flexibility index (Phi) is 5.16. The van der Waals surface area contributed by atoms with Crippen LogP contribution in [0.1, 0.15) is 17.9 Å². The van der Waals surface area contributed by atoms with E-state index in [9.17, 15) is 9.59 Å². The number of carbonyl (C=O) groups excluding carboxylic acids is 1. The smallest absolute Gasteiger partial charge is 0.304 e. The summed E-state index contributed by atoms with van der Waals surface area (Å²) in [6.45, 7) is 1.74. The van der Waals surface area contributed by atoms with Crippen LogP contribution in [0.5, 0.6) is 0 Å². The maximum Gasteiger partial charge on any atom is 0.304 e. The van der Waals surface area contributed by atoms with Gasteiger partial charge in [0, 0.05) is 31.8 Å². The maximum absolute atomic E-state index is 11.9. The number of rotatable bonds is 7. The molecular weight excluding hydrogens is 272 g/mol. The molecule has 1 aliphatic rings. The first-order valence-corrected chi connectivity index (χ1v) is 6.93. The molecule has 0 fully saturated rings. The molecule has 1 atom stereocenters. The molecule has 1 aromatic rings. The van der Waals surface area contributed by atoms with E-state index >= 15 is 0 Å². The van der Waals surface area contributed by atoms with Gasteiger partial charge in [0.05, 0.1) is 19.6 Å². The molecule has 0 aliphatic carbocycles. The second-order valence-electron chi connectivity index (χ2n) is 5.08. The lowest BCUT2D eigenvalue weighted by Crippen LogP contribution is -2.38. The molecule has 0 spiro atoms. The monoisotopic (exact) mass is 292 g/mol. The topological polar surface area (TPSA) is 78.9 Å². The Hall–Kier alpha value is -2.08. The van der Waals surface area contributed by atoms with Crippen molar-refractivity contribution in [3.05, 3.63) is 29.8 Å². The minimum atomic E-state index is -0.818. The SMILES string of the molecule is COCCNC(=O)CN1CC(CC(=O)O)c2ccccc21. The zero-order valence-corrected chi connectivity index (χ0v) is 12.0. The Morgan fingerprint density at radius 3 is 2.90 bits per heavy atom. The number of hydrogen-bond donors (Lipinski definition) is 2. The summed E-state index contributed by atoms with van der Waals surface area (Å²) in [5.41, 5.74) is 1.95. The quantitative estimate of drug-likeness (QED) is 0.728. The fraction of sp³-hybridized carbons (Fsp3) is 0.467. The lowest BCUT2D eigenvalue weighted by atomic mass is 9.98. The van der Waals surface area contributed by atoms with Crippen molar-refractivity contribution in [3.8, 4) is 0 Å². The lowest BCUT2D eigenvalue weighted by molar-refractivity contribution is -0.137. The van der Waals surface area contributed by atoms with Gasteiger partial charge < -0.3 is 20.1 Å². The van der Waals surface area contributed by atoms with Gasteiger partial charge in [0.2, 0.25) is 5.91 Å². The van der Waals surface area contributed by atoms with E-state index in [1.807, 2.05) is 29.2 Å². The Labute approximate surface area is 123 Å². The summed E-state index contributed by atoms with van der Waals surface area (Å²) in [5, 5.41) is 11.8. The van der Waals surface area contributed by atoms with Gasteiger partial charge >= 0.3 is 5.97 Å². The predicted octanol–water partition coefficient (Wildman–Crippen LogP) is 0.828. The number of aliphatic carboxylic acids is 1. The summed E-state index contributed by atoms with van der Waals surface area (Å²) >= 11 is 0. The Morgan fingerprint density at radius 2 is 2.19 bits per heavy atom. The van der Waals surface area contributed by atoms with Crippen molar-refractivity contribution in [1.82, 2.24) is 5.32 Å². The van der Waals surface area contributed by atoms with Crippen LogP contribution < -0.4 is 10.2 Å². The number of benzene rings is 1. The predicted molar refractivity (Wildman–Crippen MR) is 78.5 cm³/mol. The molecule has 0 aromatic heterocycles. The fourth-order valence-electron chi connectivity index (χ4n) is 2.64. The zero-order chi connectivity index (χ0) is 15.2. The highest BCUT2D eigenvalue weighted by Crippen LogP contribution is 2.37. The average molecular weight is 292 g/mol. The van der Waals surface area contributed by atoms with Gasteiger partial charge in [-0.3, -0.25) is 9.59 Å². The number of carboxylic acid groups (broad SMARTS) is 1. The van der Waals surface area contributed by atoms with E-state index in [4.69, 9.17) is 9.84 Å². The largest absolute Gasteiger partial charge is 0.481 e. The summed E-state index contributed by atoms with van der Waals surface area (Å²) in [7, 11) is 1.58. The van der Waals surface area contributed by atoms with Gasteiger partial charge in [0.15, 0.2) is 0 Å². The van der Waals surface area contributed by atoms with Gasteiger partial charge in [-0.15, -0.1) is 0 Å². The van der Waals surface area contributed by atoms with Crippen LogP contribution in [0.25, 0.3) is 0 Å². The molecule has 1 unspecified atom stereocenters. The first kappa shape index (κ1) is 15.3. The number of para-hydroxylation sites is 1. The lowest BCUT2D eigenvalue weighted by Gasteiger charge is -2.19. The summed E-state index contributed by atoms with van der Waals surface area (Å²) < 4.78 is 4.89. The van der Waals surface area contributed by atoms with E-state index < -0.39 is 5.97 Å².